The Hall–Kier alpha value is -2.76. The van der Waals surface area contributed by atoms with Crippen molar-refractivity contribution in [2.45, 2.75) is 38.5 Å². The zero-order chi connectivity index (χ0) is 23.5. The Morgan fingerprint density at radius 1 is 1.06 bits per heavy atom. The molecule has 178 valence electrons. The number of pyridine rings is 1. The van der Waals surface area contributed by atoms with Crippen molar-refractivity contribution in [2.75, 3.05) is 39.5 Å². The smallest absolute Gasteiger partial charge is 0.233 e. The first-order valence-corrected chi connectivity index (χ1v) is 12.4. The lowest BCUT2D eigenvalue weighted by molar-refractivity contribution is -0.141. The average Bonchev–Trinajstić information content (AvgIpc) is 3.09. The lowest BCUT2D eigenvalue weighted by atomic mass is 9.72. The van der Waals surface area contributed by atoms with Gasteiger partial charge < -0.3 is 14.4 Å². The van der Waals surface area contributed by atoms with Crippen molar-refractivity contribution >= 4 is 16.7 Å². The van der Waals surface area contributed by atoms with E-state index in [0.29, 0.717) is 39.5 Å². The van der Waals surface area contributed by atoms with E-state index in [2.05, 4.69) is 66.2 Å². The molecule has 34 heavy (non-hydrogen) atoms. The molecule has 0 radical (unpaired) electrons. The van der Waals surface area contributed by atoms with E-state index in [1.807, 2.05) is 12.4 Å². The first-order valence-electron chi connectivity index (χ1n) is 12.4. The van der Waals surface area contributed by atoms with Crippen LogP contribution in [0.4, 0.5) is 0 Å². The Bertz CT molecular complexity index is 1140. The van der Waals surface area contributed by atoms with Crippen LogP contribution in [-0.2, 0) is 26.1 Å². The third-order valence-corrected chi connectivity index (χ3v) is 7.43. The first-order chi connectivity index (χ1) is 16.5. The minimum absolute atomic E-state index is 0.235. The maximum absolute atomic E-state index is 14.3. The van der Waals surface area contributed by atoms with Gasteiger partial charge in [-0.3, -0.25) is 9.78 Å². The summed E-state index contributed by atoms with van der Waals surface area (Å²) in [5.41, 5.74) is 4.32. The summed E-state index contributed by atoms with van der Waals surface area (Å²) in [5.74, 6) is 0.486. The molecule has 2 fully saturated rings. The highest BCUT2D eigenvalue weighted by molar-refractivity contribution is 5.89. The quantitative estimate of drug-likeness (QED) is 0.573. The van der Waals surface area contributed by atoms with E-state index < -0.39 is 5.41 Å². The number of hydrogen-bond acceptors (Lipinski definition) is 4. The molecule has 0 spiro atoms. The lowest BCUT2D eigenvalue weighted by Gasteiger charge is -2.40. The van der Waals surface area contributed by atoms with Crippen LogP contribution >= 0.6 is 0 Å². The normalized spacial score (nSPS) is 20.8. The number of aryl methyl sites for hydroxylation is 2. The molecule has 5 heteroatoms. The Labute approximate surface area is 202 Å². The van der Waals surface area contributed by atoms with Gasteiger partial charge in [0.15, 0.2) is 0 Å². The zero-order valence-electron chi connectivity index (χ0n) is 20.3. The van der Waals surface area contributed by atoms with Gasteiger partial charge in [0.25, 0.3) is 0 Å². The molecular weight excluding hydrogens is 424 g/mol. The summed E-state index contributed by atoms with van der Waals surface area (Å²) in [7, 11) is 0. The van der Waals surface area contributed by atoms with Gasteiger partial charge in [0.2, 0.25) is 5.91 Å². The van der Waals surface area contributed by atoms with Gasteiger partial charge in [-0.15, -0.1) is 0 Å². The Morgan fingerprint density at radius 2 is 1.85 bits per heavy atom. The highest BCUT2D eigenvalue weighted by Gasteiger charge is 2.44. The van der Waals surface area contributed by atoms with Gasteiger partial charge in [-0.2, -0.15) is 0 Å². The van der Waals surface area contributed by atoms with Crippen molar-refractivity contribution in [1.82, 2.24) is 9.88 Å². The van der Waals surface area contributed by atoms with E-state index in [0.717, 1.165) is 30.2 Å². The minimum atomic E-state index is -0.519. The van der Waals surface area contributed by atoms with Crippen molar-refractivity contribution in [3.05, 3.63) is 77.1 Å². The van der Waals surface area contributed by atoms with E-state index in [1.165, 1.54) is 22.1 Å². The molecule has 1 aromatic heterocycles. The second-order valence-electron chi connectivity index (χ2n) is 9.98. The zero-order valence-corrected chi connectivity index (χ0v) is 20.3. The van der Waals surface area contributed by atoms with Crippen LogP contribution in [0.1, 0.15) is 35.1 Å². The molecule has 1 unspecified atom stereocenters. The average molecular weight is 459 g/mol. The third-order valence-electron chi connectivity index (χ3n) is 7.43. The van der Waals surface area contributed by atoms with E-state index in [4.69, 9.17) is 9.47 Å². The minimum Gasteiger partial charge on any atom is -0.381 e. The highest BCUT2D eigenvalue weighted by atomic mass is 16.5. The molecule has 0 aliphatic carbocycles. The van der Waals surface area contributed by atoms with Gasteiger partial charge in [-0.05, 0) is 55.7 Å². The summed E-state index contributed by atoms with van der Waals surface area (Å²) in [6.07, 6.45) is 6.10. The van der Waals surface area contributed by atoms with Gasteiger partial charge in [0.05, 0.1) is 18.6 Å². The summed E-state index contributed by atoms with van der Waals surface area (Å²) in [4.78, 5) is 20.6. The van der Waals surface area contributed by atoms with Crippen molar-refractivity contribution < 1.29 is 14.3 Å². The molecule has 5 nitrogen and oxygen atoms in total. The van der Waals surface area contributed by atoms with Crippen LogP contribution < -0.4 is 0 Å². The topological polar surface area (TPSA) is 51.7 Å². The van der Waals surface area contributed by atoms with Gasteiger partial charge in [-0.25, -0.2) is 0 Å². The number of carbonyl (C=O) groups is 1. The van der Waals surface area contributed by atoms with Crippen molar-refractivity contribution in [1.29, 1.82) is 0 Å². The Balaban J connectivity index is 1.42. The predicted octanol–water partition coefficient (Wildman–Crippen LogP) is 4.62. The number of benzene rings is 2. The Kier molecular flexibility index (Phi) is 6.66. The van der Waals surface area contributed by atoms with Crippen LogP contribution in [0, 0.1) is 19.8 Å². The van der Waals surface area contributed by atoms with Crippen LogP contribution in [0.3, 0.4) is 0 Å². The fourth-order valence-electron chi connectivity index (χ4n) is 5.77. The number of hydrogen-bond donors (Lipinski definition) is 0. The molecule has 2 saturated heterocycles. The van der Waals surface area contributed by atoms with E-state index in [1.54, 1.807) is 0 Å². The van der Waals surface area contributed by atoms with Crippen LogP contribution in [0.2, 0.25) is 0 Å². The summed E-state index contributed by atoms with van der Waals surface area (Å²) >= 11 is 0. The molecule has 0 N–H and O–H groups in total. The molecule has 1 atom stereocenters. The molecule has 2 aliphatic rings. The van der Waals surface area contributed by atoms with Crippen LogP contribution in [-0.4, -0.2) is 55.3 Å². The second-order valence-corrected chi connectivity index (χ2v) is 9.98. The molecule has 5 rings (SSSR count). The molecular formula is C29H34N2O3. The second kappa shape index (κ2) is 9.85. The lowest BCUT2D eigenvalue weighted by Crippen LogP contribution is -2.51. The molecule has 3 heterocycles. The fraction of sp³-hybridized carbons (Fsp3) is 0.448. The summed E-state index contributed by atoms with van der Waals surface area (Å²) < 4.78 is 11.7. The van der Waals surface area contributed by atoms with Crippen molar-refractivity contribution in [3.8, 4) is 0 Å². The van der Waals surface area contributed by atoms with Gasteiger partial charge in [-0.1, -0.05) is 47.5 Å². The van der Waals surface area contributed by atoms with Gasteiger partial charge in [0.1, 0.15) is 0 Å². The summed E-state index contributed by atoms with van der Waals surface area (Å²) in [6.45, 7) is 8.09. The monoisotopic (exact) mass is 458 g/mol. The van der Waals surface area contributed by atoms with Gasteiger partial charge >= 0.3 is 0 Å². The molecule has 0 bridgehead atoms. The standard InChI is InChI=1S/C29H34N2O3/c1-21-14-22(2)16-26(15-21)29(7-11-33-12-8-29)28(32)31-10-13-34-20-23(19-31)17-24-4-3-5-25-18-30-9-6-27(24)25/h3-6,9,14-16,18,23H,7-8,10-13,17,19-20H2,1-2H3. The third kappa shape index (κ3) is 4.59. The summed E-state index contributed by atoms with van der Waals surface area (Å²) in [6, 6.07) is 15.0. The number of aromatic nitrogens is 1. The SMILES string of the molecule is Cc1cc(C)cc(C2(C(=O)N3CCOCC(Cc4cccc5cnccc45)C3)CCOCC2)c1. The van der Waals surface area contributed by atoms with Crippen LogP contribution in [0.25, 0.3) is 10.8 Å². The fourth-order valence-corrected chi connectivity index (χ4v) is 5.77. The Morgan fingerprint density at radius 3 is 2.65 bits per heavy atom. The van der Waals surface area contributed by atoms with Crippen LogP contribution in [0.15, 0.2) is 54.9 Å². The molecule has 2 aromatic carbocycles. The predicted molar refractivity (Wildman–Crippen MR) is 134 cm³/mol. The first kappa shape index (κ1) is 23.0. The van der Waals surface area contributed by atoms with Crippen molar-refractivity contribution in [3.63, 3.8) is 0 Å². The summed E-state index contributed by atoms with van der Waals surface area (Å²) in [5, 5.41) is 2.38. The van der Waals surface area contributed by atoms with E-state index >= 15 is 0 Å². The number of ether oxygens (including phenoxy) is 2. The molecule has 1 amide bonds. The van der Waals surface area contributed by atoms with E-state index in [9.17, 15) is 4.79 Å². The maximum Gasteiger partial charge on any atom is 0.233 e. The molecule has 3 aromatic rings. The largest absolute Gasteiger partial charge is 0.381 e. The number of amides is 1. The molecule has 0 saturated carbocycles. The number of carbonyl (C=O) groups excluding carboxylic acids is 1. The number of rotatable bonds is 4. The number of nitrogens with zero attached hydrogens (tertiary/aromatic N) is 2. The number of fused-ring (bicyclic) bond motifs is 1. The van der Waals surface area contributed by atoms with Crippen LogP contribution in [0.5, 0.6) is 0 Å². The maximum atomic E-state index is 14.3. The highest BCUT2D eigenvalue weighted by Crippen LogP contribution is 2.38. The van der Waals surface area contributed by atoms with Gasteiger partial charge in [0, 0.05) is 50.0 Å². The molecule has 2 aliphatic heterocycles. The van der Waals surface area contributed by atoms with Crippen molar-refractivity contribution in [2.24, 2.45) is 5.92 Å². The van der Waals surface area contributed by atoms with E-state index in [-0.39, 0.29) is 11.8 Å².